The number of carbonyl (C=O) groups is 1. The molecule has 4 rings (SSSR count). The maximum absolute atomic E-state index is 12.2. The predicted octanol–water partition coefficient (Wildman–Crippen LogP) is 3.30. The first-order chi connectivity index (χ1) is 11.2. The summed E-state index contributed by atoms with van der Waals surface area (Å²) in [5.41, 5.74) is 3.19. The van der Waals surface area contributed by atoms with Crippen LogP contribution < -0.4 is 5.32 Å². The number of benzene rings is 2. The largest absolute Gasteiger partial charge is 0.352 e. The van der Waals surface area contributed by atoms with E-state index in [2.05, 4.69) is 22.3 Å². The van der Waals surface area contributed by atoms with E-state index >= 15 is 0 Å². The molecule has 0 radical (unpaired) electrons. The topological polar surface area (TPSA) is 32.3 Å². The first-order valence-electron chi connectivity index (χ1n) is 8.05. The van der Waals surface area contributed by atoms with Gasteiger partial charge in [-0.2, -0.15) is 0 Å². The molecule has 4 heteroatoms. The maximum atomic E-state index is 12.2. The normalized spacial score (nSPS) is 23.8. The highest BCUT2D eigenvalue weighted by molar-refractivity contribution is 6.31. The van der Waals surface area contributed by atoms with Gasteiger partial charge in [0.25, 0.3) is 5.91 Å². The molecule has 2 aliphatic heterocycles. The van der Waals surface area contributed by atoms with Gasteiger partial charge in [-0.25, -0.2) is 0 Å². The molecule has 2 aliphatic rings. The van der Waals surface area contributed by atoms with Crippen molar-refractivity contribution >= 4 is 17.5 Å². The molecule has 2 atom stereocenters. The number of fused-ring (bicyclic) bond motifs is 3. The van der Waals surface area contributed by atoms with Gasteiger partial charge >= 0.3 is 0 Å². The Morgan fingerprint density at radius 1 is 1.09 bits per heavy atom. The number of hydrogen-bond donors (Lipinski definition) is 1. The summed E-state index contributed by atoms with van der Waals surface area (Å²) >= 11 is 6.30. The van der Waals surface area contributed by atoms with Crippen LogP contribution in [0.5, 0.6) is 0 Å². The Kier molecular flexibility index (Phi) is 3.83. The Balaban J connectivity index is 1.59. The van der Waals surface area contributed by atoms with Crippen LogP contribution in [0, 0.1) is 5.92 Å². The summed E-state index contributed by atoms with van der Waals surface area (Å²) in [6.07, 6.45) is 0. The molecule has 2 aromatic carbocycles. The van der Waals surface area contributed by atoms with Crippen LogP contribution in [0.25, 0.3) is 0 Å². The van der Waals surface area contributed by atoms with Crippen LogP contribution in [0.3, 0.4) is 0 Å². The number of amides is 1. The molecule has 0 aliphatic carbocycles. The molecule has 23 heavy (non-hydrogen) atoms. The molecular weight excluding hydrogens is 308 g/mol. The molecule has 1 amide bonds. The zero-order valence-electron chi connectivity index (χ0n) is 12.8. The van der Waals surface area contributed by atoms with Crippen molar-refractivity contribution in [2.75, 3.05) is 19.6 Å². The van der Waals surface area contributed by atoms with Crippen molar-refractivity contribution in [3.8, 4) is 0 Å². The second kappa shape index (κ2) is 5.99. The third-order valence-electron chi connectivity index (χ3n) is 5.00. The number of rotatable bonds is 2. The lowest BCUT2D eigenvalue weighted by atomic mass is 9.87. The molecule has 1 saturated heterocycles. The monoisotopic (exact) mass is 326 g/mol. The van der Waals surface area contributed by atoms with E-state index in [1.165, 1.54) is 11.1 Å². The van der Waals surface area contributed by atoms with E-state index in [4.69, 9.17) is 11.6 Å². The molecule has 2 aromatic rings. The van der Waals surface area contributed by atoms with Crippen molar-refractivity contribution in [2.24, 2.45) is 5.92 Å². The standard InChI is InChI=1S/C19H19ClN2O/c20-18-8-4-1-5-13(18)10-22-11-14-9-21-19(23)16-7-3-2-6-15(16)17(14)12-22/h1-8,14,17H,9-12H2,(H,21,23)/t14-,17-/m1/s1. The van der Waals surface area contributed by atoms with Crippen LogP contribution in [-0.2, 0) is 6.54 Å². The van der Waals surface area contributed by atoms with E-state index in [9.17, 15) is 4.79 Å². The van der Waals surface area contributed by atoms with Crippen molar-refractivity contribution in [3.63, 3.8) is 0 Å². The van der Waals surface area contributed by atoms with E-state index < -0.39 is 0 Å². The van der Waals surface area contributed by atoms with Gasteiger partial charge in [0.15, 0.2) is 0 Å². The minimum absolute atomic E-state index is 0.0626. The smallest absolute Gasteiger partial charge is 0.251 e. The lowest BCUT2D eigenvalue weighted by Gasteiger charge is -2.18. The predicted molar refractivity (Wildman–Crippen MR) is 91.7 cm³/mol. The van der Waals surface area contributed by atoms with E-state index in [-0.39, 0.29) is 5.91 Å². The van der Waals surface area contributed by atoms with Gasteiger partial charge < -0.3 is 5.32 Å². The van der Waals surface area contributed by atoms with Crippen molar-refractivity contribution < 1.29 is 4.79 Å². The molecule has 3 nitrogen and oxygen atoms in total. The van der Waals surface area contributed by atoms with Gasteiger partial charge in [-0.15, -0.1) is 0 Å². The molecule has 0 aromatic heterocycles. The number of nitrogens with one attached hydrogen (secondary N) is 1. The van der Waals surface area contributed by atoms with Gasteiger partial charge in [-0.3, -0.25) is 9.69 Å². The summed E-state index contributed by atoms with van der Waals surface area (Å²) in [5.74, 6) is 0.936. The van der Waals surface area contributed by atoms with E-state index in [0.29, 0.717) is 11.8 Å². The fourth-order valence-electron chi connectivity index (χ4n) is 3.86. The number of likely N-dealkylation sites (tertiary alicyclic amines) is 1. The summed E-state index contributed by atoms with van der Waals surface area (Å²) < 4.78 is 0. The van der Waals surface area contributed by atoms with Crippen molar-refractivity contribution in [3.05, 3.63) is 70.2 Å². The average molecular weight is 327 g/mol. The quantitative estimate of drug-likeness (QED) is 0.918. The molecule has 1 N–H and O–H groups in total. The number of hydrogen-bond acceptors (Lipinski definition) is 2. The Morgan fingerprint density at radius 3 is 2.74 bits per heavy atom. The zero-order chi connectivity index (χ0) is 15.8. The lowest BCUT2D eigenvalue weighted by molar-refractivity contribution is 0.0951. The van der Waals surface area contributed by atoms with E-state index in [1.54, 1.807) is 0 Å². The van der Waals surface area contributed by atoms with Gasteiger partial charge in [-0.05, 0) is 29.2 Å². The van der Waals surface area contributed by atoms with Crippen molar-refractivity contribution in [2.45, 2.75) is 12.5 Å². The van der Waals surface area contributed by atoms with Crippen LogP contribution in [-0.4, -0.2) is 30.4 Å². The van der Waals surface area contributed by atoms with Crippen LogP contribution in [0.15, 0.2) is 48.5 Å². The fourth-order valence-corrected chi connectivity index (χ4v) is 4.06. The van der Waals surface area contributed by atoms with E-state index in [0.717, 1.165) is 36.8 Å². The van der Waals surface area contributed by atoms with Gasteiger partial charge in [0.05, 0.1) is 0 Å². The van der Waals surface area contributed by atoms with Crippen molar-refractivity contribution in [1.82, 2.24) is 10.2 Å². The second-order valence-electron chi connectivity index (χ2n) is 6.45. The molecule has 2 heterocycles. The summed E-state index contributed by atoms with van der Waals surface area (Å²) in [6.45, 7) is 3.58. The van der Waals surface area contributed by atoms with Gasteiger partial charge in [0.2, 0.25) is 0 Å². The Bertz CT molecular complexity index is 746. The van der Waals surface area contributed by atoms with Crippen LogP contribution in [0.4, 0.5) is 0 Å². The SMILES string of the molecule is O=C1NC[C@@H]2CN(Cc3ccccc3Cl)C[C@H]2c2ccccc21. The average Bonchev–Trinajstić information content (AvgIpc) is 2.92. The van der Waals surface area contributed by atoms with Crippen LogP contribution >= 0.6 is 11.6 Å². The number of nitrogens with zero attached hydrogens (tertiary/aromatic N) is 1. The van der Waals surface area contributed by atoms with Gasteiger partial charge in [0.1, 0.15) is 0 Å². The molecule has 0 bridgehead atoms. The summed E-state index contributed by atoms with van der Waals surface area (Å²) in [6, 6.07) is 16.0. The second-order valence-corrected chi connectivity index (χ2v) is 6.86. The molecule has 118 valence electrons. The highest BCUT2D eigenvalue weighted by atomic mass is 35.5. The Morgan fingerprint density at radius 2 is 1.87 bits per heavy atom. The van der Waals surface area contributed by atoms with Gasteiger partial charge in [-0.1, -0.05) is 48.0 Å². The first kappa shape index (κ1) is 14.7. The summed E-state index contributed by atoms with van der Waals surface area (Å²) in [5, 5.41) is 3.90. The molecular formula is C19H19ClN2O. The summed E-state index contributed by atoms with van der Waals surface area (Å²) in [7, 11) is 0. The highest BCUT2D eigenvalue weighted by Crippen LogP contribution is 2.36. The minimum atomic E-state index is 0.0626. The number of halogens is 1. The van der Waals surface area contributed by atoms with Crippen LogP contribution in [0.2, 0.25) is 5.02 Å². The molecule has 1 fully saturated rings. The van der Waals surface area contributed by atoms with Crippen molar-refractivity contribution in [1.29, 1.82) is 0 Å². The Hall–Kier alpha value is -1.84. The molecule has 0 spiro atoms. The number of carbonyl (C=O) groups excluding carboxylic acids is 1. The zero-order valence-corrected chi connectivity index (χ0v) is 13.6. The first-order valence-corrected chi connectivity index (χ1v) is 8.43. The molecule has 0 saturated carbocycles. The third kappa shape index (κ3) is 2.75. The fraction of sp³-hybridized carbons (Fsp3) is 0.316. The van der Waals surface area contributed by atoms with Crippen LogP contribution in [0.1, 0.15) is 27.4 Å². The highest BCUT2D eigenvalue weighted by Gasteiger charge is 2.37. The minimum Gasteiger partial charge on any atom is -0.352 e. The maximum Gasteiger partial charge on any atom is 0.251 e. The lowest BCUT2D eigenvalue weighted by Crippen LogP contribution is -2.29. The molecule has 0 unspecified atom stereocenters. The Labute approximate surface area is 141 Å². The summed E-state index contributed by atoms with van der Waals surface area (Å²) in [4.78, 5) is 14.7. The third-order valence-corrected chi connectivity index (χ3v) is 5.37. The van der Waals surface area contributed by atoms with E-state index in [1.807, 2.05) is 36.4 Å². The van der Waals surface area contributed by atoms with Gasteiger partial charge in [0, 0.05) is 42.7 Å².